The Labute approximate surface area is 75.1 Å². The van der Waals surface area contributed by atoms with Gasteiger partial charge in [0.05, 0.1) is 0 Å². The summed E-state index contributed by atoms with van der Waals surface area (Å²) in [5, 5.41) is 0. The van der Waals surface area contributed by atoms with Crippen LogP contribution in [0.2, 0.25) is 0 Å². The van der Waals surface area contributed by atoms with Crippen molar-refractivity contribution in [2.75, 3.05) is 17.8 Å². The Morgan fingerprint density at radius 2 is 1.58 bits per heavy atom. The normalized spacial score (nSPS) is 12.8. The zero-order valence-corrected chi connectivity index (χ0v) is 8.54. The van der Waals surface area contributed by atoms with Gasteiger partial charge in [-0.05, 0) is 0 Å². The number of ketones is 1. The molecule has 8 heteroatoms. The van der Waals surface area contributed by atoms with Crippen molar-refractivity contribution in [1.82, 2.24) is 0 Å². The molecule has 0 amide bonds. The van der Waals surface area contributed by atoms with Crippen molar-refractivity contribution in [3.05, 3.63) is 0 Å². The van der Waals surface area contributed by atoms with E-state index in [1.165, 1.54) is 0 Å². The molecule has 0 atom stereocenters. The van der Waals surface area contributed by atoms with E-state index in [-0.39, 0.29) is 0 Å². The van der Waals surface area contributed by atoms with Crippen LogP contribution in [-0.2, 0) is 23.7 Å². The van der Waals surface area contributed by atoms with Crippen LogP contribution in [0.5, 0.6) is 0 Å². The fraction of sp³-hybridized carbons (Fsp3) is 0.750. The minimum Gasteiger partial charge on any atom is -0.297 e. The van der Waals surface area contributed by atoms with E-state index < -0.39 is 36.2 Å². The topological polar surface area (TPSA) is 85.3 Å². The van der Waals surface area contributed by atoms with E-state index in [0.717, 1.165) is 6.26 Å². The van der Waals surface area contributed by atoms with Crippen molar-refractivity contribution in [3.63, 3.8) is 0 Å². The zero-order chi connectivity index (χ0) is 9.99. The molecule has 0 bridgehead atoms. The summed E-state index contributed by atoms with van der Waals surface area (Å²) in [6, 6.07) is 0. The van der Waals surface area contributed by atoms with Crippen LogP contribution in [0.3, 0.4) is 0 Å². The van der Waals surface area contributed by atoms with Gasteiger partial charge in [-0.25, -0.2) is 16.8 Å². The Bertz CT molecular complexity index is 328. The van der Waals surface area contributed by atoms with Gasteiger partial charge in [0.15, 0.2) is 15.6 Å². The van der Waals surface area contributed by atoms with Gasteiger partial charge >= 0.3 is 0 Å². The first-order valence-corrected chi connectivity index (χ1v) is 7.26. The Morgan fingerprint density at radius 1 is 1.17 bits per heavy atom. The van der Waals surface area contributed by atoms with Crippen molar-refractivity contribution in [2.45, 2.75) is 0 Å². The summed E-state index contributed by atoms with van der Waals surface area (Å²) in [6.07, 6.45) is 0.839. The van der Waals surface area contributed by atoms with Gasteiger partial charge < -0.3 is 0 Å². The lowest BCUT2D eigenvalue weighted by Crippen LogP contribution is -2.20. The number of hydrogen-bond donors (Lipinski definition) is 0. The summed E-state index contributed by atoms with van der Waals surface area (Å²) in [6.45, 7) is 0. The second-order valence-electron chi connectivity index (χ2n) is 2.29. The maximum Gasteiger partial charge on any atom is 0.239 e. The molecule has 0 fully saturated rings. The quantitative estimate of drug-likeness (QED) is 0.593. The molecule has 0 aromatic rings. The molecular formula is C4H7ClO5S2. The monoisotopic (exact) mass is 234 g/mol. The summed E-state index contributed by atoms with van der Waals surface area (Å²) in [7, 11) is -2.69. The molecule has 0 N–H and O–H groups in total. The van der Waals surface area contributed by atoms with Gasteiger partial charge in [0, 0.05) is 16.9 Å². The fourth-order valence-electron chi connectivity index (χ4n) is 0.526. The van der Waals surface area contributed by atoms with Crippen LogP contribution in [0.15, 0.2) is 0 Å². The molecule has 12 heavy (non-hydrogen) atoms. The van der Waals surface area contributed by atoms with Gasteiger partial charge in [0.2, 0.25) is 9.05 Å². The number of hydrogen-bond acceptors (Lipinski definition) is 5. The molecule has 0 aliphatic heterocycles. The minimum atomic E-state index is -3.94. The molecule has 0 saturated heterocycles. The van der Waals surface area contributed by atoms with Crippen LogP contribution in [0, 0.1) is 0 Å². The molecule has 0 aliphatic carbocycles. The van der Waals surface area contributed by atoms with Gasteiger partial charge in [0.25, 0.3) is 0 Å². The van der Waals surface area contributed by atoms with Crippen molar-refractivity contribution < 1.29 is 21.6 Å². The molecule has 5 nitrogen and oxygen atoms in total. The molecule has 0 radical (unpaired) electrons. The van der Waals surface area contributed by atoms with Gasteiger partial charge in [-0.1, -0.05) is 0 Å². The molecule has 0 aliphatic rings. The van der Waals surface area contributed by atoms with E-state index in [1.807, 2.05) is 0 Å². The SMILES string of the molecule is CS(=O)(=O)CC(=O)CS(=O)(=O)Cl. The molecule has 0 aromatic carbocycles. The van der Waals surface area contributed by atoms with E-state index in [2.05, 4.69) is 0 Å². The summed E-state index contributed by atoms with van der Waals surface area (Å²) in [5.74, 6) is -2.66. The van der Waals surface area contributed by atoms with Crippen LogP contribution in [0.25, 0.3) is 0 Å². The van der Waals surface area contributed by atoms with Crippen LogP contribution in [0.4, 0.5) is 0 Å². The molecule has 72 valence electrons. The maximum atomic E-state index is 10.6. The highest BCUT2D eigenvalue weighted by atomic mass is 35.7. The van der Waals surface area contributed by atoms with Gasteiger partial charge in [0.1, 0.15) is 11.5 Å². The molecular weight excluding hydrogens is 228 g/mol. The van der Waals surface area contributed by atoms with E-state index in [9.17, 15) is 21.6 Å². The van der Waals surface area contributed by atoms with Crippen LogP contribution >= 0.6 is 10.7 Å². The second kappa shape index (κ2) is 3.71. The molecule has 0 rings (SSSR count). The van der Waals surface area contributed by atoms with Crippen molar-refractivity contribution >= 4 is 35.4 Å². The van der Waals surface area contributed by atoms with Crippen LogP contribution in [0.1, 0.15) is 0 Å². The second-order valence-corrected chi connectivity index (χ2v) is 7.21. The lowest BCUT2D eigenvalue weighted by Gasteiger charge is -1.94. The first kappa shape index (κ1) is 11.9. The van der Waals surface area contributed by atoms with E-state index in [0.29, 0.717) is 0 Å². The largest absolute Gasteiger partial charge is 0.297 e. The highest BCUT2D eigenvalue weighted by Gasteiger charge is 2.17. The number of carbonyl (C=O) groups is 1. The number of halogens is 1. The molecule has 0 spiro atoms. The average Bonchev–Trinajstić information content (AvgIpc) is 1.49. The maximum absolute atomic E-state index is 10.6. The lowest BCUT2D eigenvalue weighted by molar-refractivity contribution is -0.114. The molecule has 0 aromatic heterocycles. The van der Waals surface area contributed by atoms with Crippen LogP contribution in [-0.4, -0.2) is 40.4 Å². The van der Waals surface area contributed by atoms with Crippen molar-refractivity contribution in [3.8, 4) is 0 Å². The molecule has 0 unspecified atom stereocenters. The predicted octanol–water partition coefficient (Wildman–Crippen LogP) is -0.831. The lowest BCUT2D eigenvalue weighted by atomic mass is 10.5. The summed E-state index contributed by atoms with van der Waals surface area (Å²) in [4.78, 5) is 10.6. The average molecular weight is 235 g/mol. The third kappa shape index (κ3) is 7.96. The number of carbonyl (C=O) groups excluding carboxylic acids is 1. The fourth-order valence-corrected chi connectivity index (χ4v) is 2.19. The number of Topliss-reactive ketones (excluding diaryl/α,β-unsaturated/α-hetero) is 1. The van der Waals surface area contributed by atoms with Crippen molar-refractivity contribution in [1.29, 1.82) is 0 Å². The van der Waals surface area contributed by atoms with Gasteiger partial charge in [-0.2, -0.15) is 0 Å². The van der Waals surface area contributed by atoms with Gasteiger partial charge in [-0.3, -0.25) is 4.79 Å². The van der Waals surface area contributed by atoms with Gasteiger partial charge in [-0.15, -0.1) is 0 Å². The summed E-state index contributed by atoms with van der Waals surface area (Å²) in [5.41, 5.74) is 0. The summed E-state index contributed by atoms with van der Waals surface area (Å²) >= 11 is 0. The highest BCUT2D eigenvalue weighted by molar-refractivity contribution is 8.14. The van der Waals surface area contributed by atoms with E-state index in [4.69, 9.17) is 10.7 Å². The standard InChI is InChI=1S/C4H7ClO5S2/c1-11(7,8)2-4(6)3-12(5,9)10/h2-3H2,1H3. The van der Waals surface area contributed by atoms with Crippen LogP contribution < -0.4 is 0 Å². The highest BCUT2D eigenvalue weighted by Crippen LogP contribution is 1.97. The third-order valence-electron chi connectivity index (χ3n) is 0.757. The molecule has 0 saturated carbocycles. The minimum absolute atomic E-state index is 0.793. The Kier molecular flexibility index (Phi) is 3.67. The number of sulfone groups is 1. The van der Waals surface area contributed by atoms with E-state index in [1.54, 1.807) is 0 Å². The first-order chi connectivity index (χ1) is 5.10. The third-order valence-corrected chi connectivity index (χ3v) is 2.60. The molecule has 0 heterocycles. The summed E-state index contributed by atoms with van der Waals surface area (Å²) < 4.78 is 41.5. The smallest absolute Gasteiger partial charge is 0.239 e. The predicted molar refractivity (Wildman–Crippen MR) is 44.4 cm³/mol. The van der Waals surface area contributed by atoms with E-state index >= 15 is 0 Å². The number of rotatable bonds is 4. The Hall–Kier alpha value is -0.140. The Morgan fingerprint density at radius 3 is 1.83 bits per heavy atom. The Balaban J connectivity index is 4.30. The zero-order valence-electron chi connectivity index (χ0n) is 6.15. The van der Waals surface area contributed by atoms with Crippen molar-refractivity contribution in [2.24, 2.45) is 0 Å². The first-order valence-electron chi connectivity index (χ1n) is 2.72.